The molecule has 6 aromatic carbocycles. The summed E-state index contributed by atoms with van der Waals surface area (Å²) in [7, 11) is 0. The largest absolute Gasteiger partial charge is 0.504 e. The van der Waals surface area contributed by atoms with Crippen molar-refractivity contribution in [1.82, 2.24) is 29.6 Å². The van der Waals surface area contributed by atoms with E-state index in [1.54, 1.807) is 41.9 Å². The number of fused-ring (bicyclic) bond motifs is 1. The van der Waals surface area contributed by atoms with Crippen LogP contribution in [0, 0.1) is 41.5 Å². The molecule has 0 radical (unpaired) electrons. The summed E-state index contributed by atoms with van der Waals surface area (Å²) >= 11 is 24.8. The van der Waals surface area contributed by atoms with Crippen LogP contribution >= 0.6 is 46.4 Å². The molecule has 1 fully saturated rings. The lowest BCUT2D eigenvalue weighted by Gasteiger charge is -2.24. The van der Waals surface area contributed by atoms with Crippen LogP contribution in [-0.2, 0) is 41.7 Å². The van der Waals surface area contributed by atoms with Gasteiger partial charge in [0.2, 0.25) is 6.23 Å². The van der Waals surface area contributed by atoms with E-state index >= 15 is 0 Å². The number of aryl methyl sites for hydroxylation is 6. The Morgan fingerprint density at radius 1 is 0.663 bits per heavy atom. The normalized spacial score (nSPS) is 13.8. The minimum atomic E-state index is -1.80. The predicted octanol–water partition coefficient (Wildman–Crippen LogP) is 14.1. The van der Waals surface area contributed by atoms with Gasteiger partial charge in [-0.3, -0.25) is 34.0 Å². The van der Waals surface area contributed by atoms with E-state index < -0.39 is 54.0 Å². The van der Waals surface area contributed by atoms with E-state index in [4.69, 9.17) is 60.6 Å². The molecule has 6 amide bonds. The SMILES string of the molecule is CCOC1C(=O)N(C(C(C)=O)C(=O)Nc2cc(NC(=O)C(CC)Oc3ccc(C)cc3C)ccc2Cl)C(=O)N1Cc1ccccc1.CCc1c(Cl)cc(NC(=O)C(CC)Oc2ccc(C)cc2C)c(O)c1Cl.Cc1ccc(-c2nc3c(Cl)c(C)[nH]n3n2)cc1. The number of benzene rings is 6. The lowest BCUT2D eigenvalue weighted by Crippen LogP contribution is -2.52. The van der Waals surface area contributed by atoms with Crippen molar-refractivity contribution in [3.63, 3.8) is 0 Å². The average molecular weight is 1290 g/mol. The highest BCUT2D eigenvalue weighted by Crippen LogP contribution is 2.40. The van der Waals surface area contributed by atoms with E-state index in [1.165, 1.54) is 28.7 Å². The number of ether oxygens (including phenoxy) is 3. The molecule has 9 rings (SSSR count). The molecule has 1 saturated heterocycles. The van der Waals surface area contributed by atoms with Crippen LogP contribution in [0.4, 0.5) is 21.9 Å². The molecule has 1 aliphatic heterocycles. The maximum atomic E-state index is 13.6. The molecule has 0 bridgehead atoms. The monoisotopic (exact) mass is 1290 g/mol. The van der Waals surface area contributed by atoms with Gasteiger partial charge in [-0.2, -0.15) is 4.63 Å². The number of hydrogen-bond donors (Lipinski definition) is 5. The lowest BCUT2D eigenvalue weighted by molar-refractivity contribution is -0.147. The molecule has 1 aliphatic rings. The Bertz CT molecular complexity index is 3900. The fourth-order valence-corrected chi connectivity index (χ4v) is 10.6. The summed E-state index contributed by atoms with van der Waals surface area (Å²) in [5, 5.41) is 26.9. The molecule has 5 N–H and O–H groups in total. The van der Waals surface area contributed by atoms with E-state index in [0.29, 0.717) is 68.4 Å². The Morgan fingerprint density at radius 2 is 1.24 bits per heavy atom. The highest BCUT2D eigenvalue weighted by atomic mass is 35.5. The maximum absolute atomic E-state index is 13.6. The quantitative estimate of drug-likeness (QED) is 0.0272. The molecule has 468 valence electrons. The van der Waals surface area contributed by atoms with Crippen LogP contribution in [0.15, 0.2) is 115 Å². The number of Topliss-reactive ketones (excluding diaryl/α,β-unsaturated/α-hetero) is 1. The van der Waals surface area contributed by atoms with Gasteiger partial charge >= 0.3 is 6.03 Å². The number of phenols is 1. The number of aromatic nitrogens is 4. The Labute approximate surface area is 536 Å². The Hall–Kier alpha value is -8.46. The number of aromatic hydroxyl groups is 1. The third-order valence-corrected chi connectivity index (χ3v) is 15.8. The second-order valence-electron chi connectivity index (χ2n) is 21.1. The van der Waals surface area contributed by atoms with Gasteiger partial charge in [-0.15, -0.1) is 5.10 Å². The van der Waals surface area contributed by atoms with Gasteiger partial charge in [0.05, 0.1) is 33.7 Å². The molecule has 4 unspecified atom stereocenters. The summed E-state index contributed by atoms with van der Waals surface area (Å²) in [6.45, 7) is 20.2. The molecule has 19 nitrogen and oxygen atoms in total. The summed E-state index contributed by atoms with van der Waals surface area (Å²) in [4.78, 5) is 85.3. The second-order valence-corrected chi connectivity index (χ2v) is 22.7. The van der Waals surface area contributed by atoms with Gasteiger partial charge in [-0.25, -0.2) is 14.7 Å². The van der Waals surface area contributed by atoms with Gasteiger partial charge in [0.15, 0.2) is 41.3 Å². The van der Waals surface area contributed by atoms with Crippen LogP contribution in [-0.4, -0.2) is 101 Å². The minimum absolute atomic E-state index is 0.0261. The fraction of sp³-hybridized carbons (Fsp3) is 0.303. The Morgan fingerprint density at radius 3 is 1.78 bits per heavy atom. The first kappa shape index (κ1) is 68.0. The van der Waals surface area contributed by atoms with Crippen molar-refractivity contribution in [2.45, 2.75) is 126 Å². The van der Waals surface area contributed by atoms with Crippen LogP contribution in [0.1, 0.15) is 92.1 Å². The van der Waals surface area contributed by atoms with Gasteiger partial charge in [-0.1, -0.05) is 163 Å². The third-order valence-electron chi connectivity index (χ3n) is 14.2. The molecule has 0 spiro atoms. The first-order valence-corrected chi connectivity index (χ1v) is 30.3. The fourth-order valence-electron chi connectivity index (χ4n) is 9.51. The van der Waals surface area contributed by atoms with Crippen LogP contribution in [0.5, 0.6) is 17.2 Å². The average Bonchev–Trinajstić information content (AvgIpc) is 1.92. The number of aromatic amines is 1. The molecule has 8 aromatic rings. The zero-order valence-corrected chi connectivity index (χ0v) is 54.2. The van der Waals surface area contributed by atoms with Crippen LogP contribution in [0.25, 0.3) is 17.0 Å². The summed E-state index contributed by atoms with van der Waals surface area (Å²) in [5.74, 6) is -1.60. The van der Waals surface area contributed by atoms with Crippen LogP contribution in [0.2, 0.25) is 20.1 Å². The minimum Gasteiger partial charge on any atom is -0.504 e. The number of hydrogen-bond acceptors (Lipinski definition) is 12. The number of nitrogens with one attached hydrogen (secondary N) is 4. The number of H-pyrrole nitrogens is 1. The molecule has 3 heterocycles. The standard InChI is InChI=1S/C34H37ClN4O7.C20H23Cl2NO3.C12H11ClN4/c1-6-27(46-28-16-13-20(3)17-21(28)4)30(41)36-24-14-15-25(35)26(18-24)37-31(42)29(22(5)40)39-32(43)33(45-7-2)38(34(39)44)19-23-11-9-8-10-12-23;1-5-13-14(21)10-15(19(24)18(13)22)23-20(25)16(6-2)26-17-8-7-11(3)9-12(17)4;1-7-3-5-9(6-4-7)11-14-12-10(13)8(2)15-17(12)16-11/h8-18,27,29,33H,6-7,19H2,1-5H3,(H,36,41)(H,37,42);7-10,16,24H,5-6H2,1-4H3,(H,23,25);3-6,15H,1-2H3. The van der Waals surface area contributed by atoms with Crippen molar-refractivity contribution in [1.29, 1.82) is 0 Å². The number of amides is 6. The number of nitrogens with zero attached hydrogens (tertiary/aromatic N) is 5. The molecule has 23 heteroatoms. The number of ketones is 1. The zero-order valence-electron chi connectivity index (χ0n) is 51.2. The van der Waals surface area contributed by atoms with Gasteiger partial charge < -0.3 is 35.3 Å². The first-order valence-electron chi connectivity index (χ1n) is 28.7. The molecule has 89 heavy (non-hydrogen) atoms. The number of carbonyl (C=O) groups is 6. The topological polar surface area (TPSA) is 239 Å². The molecule has 2 aromatic heterocycles. The summed E-state index contributed by atoms with van der Waals surface area (Å²) < 4.78 is 19.0. The number of halogens is 4. The molecular formula is C66H71Cl4N9O10. The lowest BCUT2D eigenvalue weighted by atomic mass is 10.1. The predicted molar refractivity (Wildman–Crippen MR) is 347 cm³/mol. The van der Waals surface area contributed by atoms with Crippen LogP contribution < -0.4 is 25.4 Å². The summed E-state index contributed by atoms with van der Waals surface area (Å²) in [6.07, 6.45) is -1.40. The zero-order chi connectivity index (χ0) is 65.0. The smallest absolute Gasteiger partial charge is 0.330 e. The maximum Gasteiger partial charge on any atom is 0.330 e. The summed E-state index contributed by atoms with van der Waals surface area (Å²) in [5.41, 5.74) is 9.68. The Balaban J connectivity index is 0.000000218. The van der Waals surface area contributed by atoms with Gasteiger partial charge in [-0.05, 0) is 133 Å². The highest BCUT2D eigenvalue weighted by molar-refractivity contribution is 6.38. The van der Waals surface area contributed by atoms with Gasteiger partial charge in [0.25, 0.3) is 23.6 Å². The number of anilines is 3. The Kier molecular flexibility index (Phi) is 23.4. The van der Waals surface area contributed by atoms with E-state index in [2.05, 4.69) is 38.1 Å². The number of phenolic OH excluding ortho intramolecular Hbond substituents is 1. The van der Waals surface area contributed by atoms with E-state index in [1.807, 2.05) is 122 Å². The first-order chi connectivity index (χ1) is 42.4. The number of imide groups is 1. The van der Waals surface area contributed by atoms with Gasteiger partial charge in [0.1, 0.15) is 16.5 Å². The van der Waals surface area contributed by atoms with Crippen molar-refractivity contribution in [2.24, 2.45) is 0 Å². The van der Waals surface area contributed by atoms with Crippen molar-refractivity contribution in [3.05, 3.63) is 180 Å². The highest BCUT2D eigenvalue weighted by Gasteiger charge is 2.52. The van der Waals surface area contributed by atoms with Crippen molar-refractivity contribution in [2.75, 3.05) is 22.6 Å². The number of rotatable bonds is 20. The number of carbonyl (C=O) groups excluding carboxylic acids is 6. The molecule has 0 aliphatic carbocycles. The summed E-state index contributed by atoms with van der Waals surface area (Å²) in [6, 6.07) is 31.8. The molecular weight excluding hydrogens is 1220 g/mol. The van der Waals surface area contributed by atoms with E-state index in [9.17, 15) is 33.9 Å². The van der Waals surface area contributed by atoms with Crippen molar-refractivity contribution < 1.29 is 48.1 Å². The van der Waals surface area contributed by atoms with E-state index in [0.717, 1.165) is 46.0 Å². The molecule has 0 saturated carbocycles. The second kappa shape index (κ2) is 30.6. The molecule has 4 atom stereocenters. The van der Waals surface area contributed by atoms with Crippen LogP contribution in [0.3, 0.4) is 0 Å². The van der Waals surface area contributed by atoms with Crippen molar-refractivity contribution >= 4 is 105 Å². The van der Waals surface area contributed by atoms with Gasteiger partial charge in [0, 0.05) is 22.9 Å². The van der Waals surface area contributed by atoms with E-state index in [-0.39, 0.29) is 46.2 Å². The third kappa shape index (κ3) is 16.6. The van der Waals surface area contributed by atoms with Crippen molar-refractivity contribution in [3.8, 4) is 28.6 Å². The number of urea groups is 1.